The van der Waals surface area contributed by atoms with Gasteiger partial charge in [-0.25, -0.2) is 4.39 Å². The van der Waals surface area contributed by atoms with E-state index in [9.17, 15) is 14.3 Å². The first-order valence-corrected chi connectivity index (χ1v) is 8.15. The normalized spacial score (nSPS) is 13.9. The average molecular weight is 360 g/mol. The van der Waals surface area contributed by atoms with Crippen LogP contribution in [-0.2, 0) is 4.79 Å². The number of aliphatic carboxylic acids is 1. The molecule has 0 amide bonds. The lowest BCUT2D eigenvalue weighted by Gasteiger charge is -2.22. The second kappa shape index (κ2) is 8.37. The van der Waals surface area contributed by atoms with Gasteiger partial charge in [-0.3, -0.25) is 4.79 Å². The number of anilines is 1. The molecule has 5 heteroatoms. The van der Waals surface area contributed by atoms with Gasteiger partial charge in [-0.2, -0.15) is 0 Å². The molecule has 0 fully saturated rings. The van der Waals surface area contributed by atoms with Crippen LogP contribution in [0.1, 0.15) is 57.4 Å². The van der Waals surface area contributed by atoms with Crippen LogP contribution in [0.5, 0.6) is 0 Å². The minimum atomic E-state index is -0.956. The third kappa shape index (κ3) is 4.99. The number of rotatable bonds is 8. The summed E-state index contributed by atoms with van der Waals surface area (Å²) in [6.07, 6.45) is 5.16. The molecule has 3 nitrogen and oxygen atoms in total. The van der Waals surface area contributed by atoms with E-state index in [0.717, 1.165) is 32.1 Å². The fourth-order valence-corrected chi connectivity index (χ4v) is 3.05. The minimum absolute atomic E-state index is 0.0876. The molecule has 0 aliphatic carbocycles. The van der Waals surface area contributed by atoms with E-state index < -0.39 is 17.7 Å². The van der Waals surface area contributed by atoms with E-state index in [1.54, 1.807) is 0 Å². The molecular formula is C16H23BrFNO2. The van der Waals surface area contributed by atoms with Gasteiger partial charge in [-0.1, -0.05) is 39.5 Å². The van der Waals surface area contributed by atoms with Crippen molar-refractivity contribution in [3.8, 4) is 0 Å². The molecule has 0 bridgehead atoms. The smallest absolute Gasteiger partial charge is 0.311 e. The van der Waals surface area contributed by atoms with Crippen LogP contribution in [0.15, 0.2) is 16.6 Å². The Morgan fingerprint density at radius 1 is 1.38 bits per heavy atom. The van der Waals surface area contributed by atoms with Crippen molar-refractivity contribution in [2.45, 2.75) is 51.9 Å². The Hall–Kier alpha value is -1.10. The van der Waals surface area contributed by atoms with E-state index in [-0.39, 0.29) is 5.92 Å². The van der Waals surface area contributed by atoms with Crippen LogP contribution >= 0.6 is 15.9 Å². The van der Waals surface area contributed by atoms with Gasteiger partial charge in [0.15, 0.2) is 0 Å². The molecule has 0 saturated heterocycles. The summed E-state index contributed by atoms with van der Waals surface area (Å²) in [4.78, 5) is 11.6. The van der Waals surface area contributed by atoms with E-state index in [4.69, 9.17) is 5.73 Å². The van der Waals surface area contributed by atoms with Crippen molar-refractivity contribution in [3.63, 3.8) is 0 Å². The molecule has 1 rings (SSSR count). The molecule has 2 unspecified atom stereocenters. The summed E-state index contributed by atoms with van der Waals surface area (Å²) < 4.78 is 14.0. The zero-order valence-corrected chi connectivity index (χ0v) is 14.1. The molecule has 0 heterocycles. The molecule has 2 atom stereocenters. The second-order valence-corrected chi connectivity index (χ2v) is 6.39. The Morgan fingerprint density at radius 2 is 2.05 bits per heavy atom. The van der Waals surface area contributed by atoms with E-state index >= 15 is 0 Å². The summed E-state index contributed by atoms with van der Waals surface area (Å²) in [5, 5.41) is 9.51. The van der Waals surface area contributed by atoms with Crippen molar-refractivity contribution in [1.29, 1.82) is 0 Å². The maximum Gasteiger partial charge on any atom is 0.311 e. The average Bonchev–Trinajstić information content (AvgIpc) is 2.40. The Kier molecular flexibility index (Phi) is 7.15. The molecule has 0 spiro atoms. The third-order valence-corrected chi connectivity index (χ3v) is 4.47. The summed E-state index contributed by atoms with van der Waals surface area (Å²) in [6.45, 7) is 4.03. The standard InChI is InChI=1S/C16H23BrFNO2/c1-3-4-5-6-7-10(2)14(16(20)21)12-8-11(18)9-13(17)15(12)19/h8-10,14H,3-7,19H2,1-2H3,(H,20,21). The van der Waals surface area contributed by atoms with E-state index in [1.807, 2.05) is 6.92 Å². The van der Waals surface area contributed by atoms with E-state index in [2.05, 4.69) is 22.9 Å². The number of hydrogen-bond acceptors (Lipinski definition) is 2. The van der Waals surface area contributed by atoms with Crippen LogP contribution in [-0.4, -0.2) is 11.1 Å². The highest BCUT2D eigenvalue weighted by atomic mass is 79.9. The number of nitrogens with two attached hydrogens (primary N) is 1. The van der Waals surface area contributed by atoms with Crippen LogP contribution in [0, 0.1) is 11.7 Å². The molecule has 1 aromatic rings. The molecule has 0 saturated carbocycles. The highest BCUT2D eigenvalue weighted by molar-refractivity contribution is 9.10. The van der Waals surface area contributed by atoms with Crippen LogP contribution in [0.25, 0.3) is 0 Å². The topological polar surface area (TPSA) is 63.3 Å². The first-order valence-electron chi connectivity index (χ1n) is 7.35. The predicted octanol–water partition coefficient (Wildman–Crippen LogP) is 4.95. The van der Waals surface area contributed by atoms with Crippen molar-refractivity contribution in [3.05, 3.63) is 28.0 Å². The Bertz CT molecular complexity index is 493. The number of benzene rings is 1. The van der Waals surface area contributed by atoms with E-state index in [1.165, 1.54) is 12.1 Å². The number of unbranched alkanes of at least 4 members (excludes halogenated alkanes) is 3. The lowest BCUT2D eigenvalue weighted by molar-refractivity contribution is -0.140. The second-order valence-electron chi connectivity index (χ2n) is 5.53. The minimum Gasteiger partial charge on any atom is -0.481 e. The molecular weight excluding hydrogens is 337 g/mol. The SMILES string of the molecule is CCCCCCC(C)C(C(=O)O)c1cc(F)cc(Br)c1N. The molecule has 0 radical (unpaired) electrons. The van der Waals surface area contributed by atoms with Crippen molar-refractivity contribution >= 4 is 27.6 Å². The first kappa shape index (κ1) is 18.0. The molecule has 3 N–H and O–H groups in total. The molecule has 0 aliphatic heterocycles. The van der Waals surface area contributed by atoms with Crippen LogP contribution in [0.2, 0.25) is 0 Å². The van der Waals surface area contributed by atoms with Crippen molar-refractivity contribution in [2.24, 2.45) is 5.92 Å². The summed E-state index contributed by atoms with van der Waals surface area (Å²) in [5.41, 5.74) is 6.60. The van der Waals surface area contributed by atoms with Crippen LogP contribution < -0.4 is 5.73 Å². The lowest BCUT2D eigenvalue weighted by atomic mass is 9.83. The van der Waals surface area contributed by atoms with Crippen molar-refractivity contribution in [2.75, 3.05) is 5.73 Å². The molecule has 1 aromatic carbocycles. The number of carboxylic acid groups (broad SMARTS) is 1. The van der Waals surface area contributed by atoms with Crippen molar-refractivity contribution in [1.82, 2.24) is 0 Å². The number of halogens is 2. The van der Waals surface area contributed by atoms with Gasteiger partial charge < -0.3 is 10.8 Å². The monoisotopic (exact) mass is 359 g/mol. The number of hydrogen-bond donors (Lipinski definition) is 2. The fraction of sp³-hybridized carbons (Fsp3) is 0.562. The predicted molar refractivity (Wildman–Crippen MR) is 86.8 cm³/mol. The van der Waals surface area contributed by atoms with Crippen molar-refractivity contribution < 1.29 is 14.3 Å². The van der Waals surface area contributed by atoms with Crippen LogP contribution in [0.4, 0.5) is 10.1 Å². The highest BCUT2D eigenvalue weighted by Gasteiger charge is 2.29. The van der Waals surface area contributed by atoms with Gasteiger partial charge in [0.1, 0.15) is 5.82 Å². The largest absolute Gasteiger partial charge is 0.481 e. The number of carboxylic acids is 1. The fourth-order valence-electron chi connectivity index (χ4n) is 2.60. The van der Waals surface area contributed by atoms with Gasteiger partial charge in [-0.15, -0.1) is 0 Å². The van der Waals surface area contributed by atoms with E-state index in [0.29, 0.717) is 15.7 Å². The van der Waals surface area contributed by atoms with Crippen LogP contribution in [0.3, 0.4) is 0 Å². The van der Waals surface area contributed by atoms with Gasteiger partial charge in [0, 0.05) is 4.47 Å². The summed E-state index contributed by atoms with van der Waals surface area (Å²) in [7, 11) is 0. The number of nitrogen functional groups attached to an aromatic ring is 1. The molecule has 21 heavy (non-hydrogen) atoms. The molecule has 0 aromatic heterocycles. The van der Waals surface area contributed by atoms with Gasteiger partial charge in [0.05, 0.1) is 11.6 Å². The quantitative estimate of drug-likeness (QED) is 0.510. The summed E-state index contributed by atoms with van der Waals surface area (Å²) >= 11 is 3.18. The summed E-state index contributed by atoms with van der Waals surface area (Å²) in [5.74, 6) is -2.30. The lowest BCUT2D eigenvalue weighted by Crippen LogP contribution is -2.21. The Balaban J connectivity index is 2.94. The maximum absolute atomic E-state index is 13.6. The maximum atomic E-state index is 13.6. The van der Waals surface area contributed by atoms with Gasteiger partial charge in [0.2, 0.25) is 0 Å². The zero-order valence-electron chi connectivity index (χ0n) is 12.5. The third-order valence-electron chi connectivity index (χ3n) is 3.81. The molecule has 118 valence electrons. The highest BCUT2D eigenvalue weighted by Crippen LogP contribution is 2.36. The van der Waals surface area contributed by atoms with Gasteiger partial charge in [-0.05, 0) is 46.0 Å². The van der Waals surface area contributed by atoms with Gasteiger partial charge in [0.25, 0.3) is 0 Å². The van der Waals surface area contributed by atoms with Gasteiger partial charge >= 0.3 is 5.97 Å². The Labute approximate surface area is 133 Å². The zero-order chi connectivity index (χ0) is 16.0. The molecule has 0 aliphatic rings. The number of carbonyl (C=O) groups is 1. The summed E-state index contributed by atoms with van der Waals surface area (Å²) in [6, 6.07) is 2.49. The Morgan fingerprint density at radius 3 is 2.62 bits per heavy atom. The first-order chi connectivity index (χ1) is 9.88.